The molecule has 1 aromatic carbocycles. The van der Waals surface area contributed by atoms with Crippen molar-refractivity contribution in [3.05, 3.63) is 38.3 Å². The van der Waals surface area contributed by atoms with E-state index in [4.69, 9.17) is 5.21 Å². The van der Waals surface area contributed by atoms with E-state index in [1.807, 2.05) is 0 Å². The Morgan fingerprint density at radius 1 is 1.62 bits per heavy atom. The molecule has 1 N–H and O–H groups in total. The largest absolute Gasteiger partial charge is 0.411 e. The van der Waals surface area contributed by atoms with Crippen LogP contribution in [0.4, 0.5) is 5.69 Å². The number of hydrogen-bond acceptors (Lipinski definition) is 4. The van der Waals surface area contributed by atoms with Gasteiger partial charge in [0.25, 0.3) is 5.69 Å². The van der Waals surface area contributed by atoms with Crippen LogP contribution in [0.25, 0.3) is 0 Å². The lowest BCUT2D eigenvalue weighted by Gasteiger charge is -1.96. The molecule has 0 aliphatic carbocycles. The summed E-state index contributed by atoms with van der Waals surface area (Å²) in [5.41, 5.74) is 0.155. The van der Waals surface area contributed by atoms with Gasteiger partial charge in [-0.1, -0.05) is 21.1 Å². The summed E-state index contributed by atoms with van der Waals surface area (Å²) in [6.07, 6.45) is 1.02. The predicted molar refractivity (Wildman–Crippen MR) is 50.2 cm³/mol. The van der Waals surface area contributed by atoms with Crippen molar-refractivity contribution in [1.29, 1.82) is 0 Å². The number of oxime groups is 1. The van der Waals surface area contributed by atoms with Gasteiger partial charge in [-0.2, -0.15) is 0 Å². The fourth-order valence-electron chi connectivity index (χ4n) is 0.846. The summed E-state index contributed by atoms with van der Waals surface area (Å²) >= 11 is 3.10. The van der Waals surface area contributed by atoms with Gasteiger partial charge in [-0.25, -0.2) is 0 Å². The second-order valence-electron chi connectivity index (χ2n) is 2.20. The van der Waals surface area contributed by atoms with E-state index in [2.05, 4.69) is 21.1 Å². The highest BCUT2D eigenvalue weighted by molar-refractivity contribution is 9.10. The van der Waals surface area contributed by atoms with Gasteiger partial charge in [0.1, 0.15) is 0 Å². The normalized spacial score (nSPS) is 10.5. The second kappa shape index (κ2) is 3.99. The first-order valence-corrected chi connectivity index (χ1v) is 4.06. The Morgan fingerprint density at radius 3 is 2.85 bits per heavy atom. The quantitative estimate of drug-likeness (QED) is 0.375. The van der Waals surface area contributed by atoms with E-state index in [1.165, 1.54) is 12.1 Å². The number of benzene rings is 1. The van der Waals surface area contributed by atoms with Gasteiger partial charge in [0.15, 0.2) is 0 Å². The molecule has 0 radical (unpaired) electrons. The van der Waals surface area contributed by atoms with Crippen LogP contribution in [0, 0.1) is 10.1 Å². The summed E-state index contributed by atoms with van der Waals surface area (Å²) in [6.45, 7) is 0. The highest BCUT2D eigenvalue weighted by Crippen LogP contribution is 2.21. The van der Waals surface area contributed by atoms with E-state index < -0.39 is 4.92 Å². The summed E-state index contributed by atoms with van der Waals surface area (Å²) in [6, 6.07) is 4.46. The summed E-state index contributed by atoms with van der Waals surface area (Å²) in [4.78, 5) is 9.95. The zero-order chi connectivity index (χ0) is 9.84. The maximum atomic E-state index is 10.5. The van der Waals surface area contributed by atoms with E-state index in [-0.39, 0.29) is 11.3 Å². The van der Waals surface area contributed by atoms with Crippen LogP contribution in [0.2, 0.25) is 0 Å². The molecule has 13 heavy (non-hydrogen) atoms. The lowest BCUT2D eigenvalue weighted by atomic mass is 10.2. The molecule has 1 aromatic rings. The Hall–Kier alpha value is -1.43. The van der Waals surface area contributed by atoms with Crippen LogP contribution in [0.3, 0.4) is 0 Å². The van der Waals surface area contributed by atoms with E-state index in [0.717, 1.165) is 6.21 Å². The van der Waals surface area contributed by atoms with Crippen molar-refractivity contribution in [2.45, 2.75) is 0 Å². The average molecular weight is 245 g/mol. The molecule has 0 aromatic heterocycles. The van der Waals surface area contributed by atoms with Crippen molar-refractivity contribution in [1.82, 2.24) is 0 Å². The minimum Gasteiger partial charge on any atom is -0.411 e. The van der Waals surface area contributed by atoms with Crippen LogP contribution < -0.4 is 0 Å². The molecule has 0 saturated carbocycles. The van der Waals surface area contributed by atoms with Gasteiger partial charge < -0.3 is 5.21 Å². The number of nitro benzene ring substituents is 1. The topological polar surface area (TPSA) is 75.7 Å². The number of hydrogen-bond donors (Lipinski definition) is 1. The van der Waals surface area contributed by atoms with Crippen LogP contribution in [-0.2, 0) is 0 Å². The predicted octanol–water partition coefficient (Wildman–Crippen LogP) is 2.17. The molecule has 0 fully saturated rings. The zero-order valence-electron chi connectivity index (χ0n) is 6.35. The van der Waals surface area contributed by atoms with Crippen molar-refractivity contribution in [2.24, 2.45) is 5.16 Å². The third-order valence-electron chi connectivity index (χ3n) is 1.39. The zero-order valence-corrected chi connectivity index (χ0v) is 7.93. The van der Waals surface area contributed by atoms with Crippen LogP contribution in [-0.4, -0.2) is 16.3 Å². The monoisotopic (exact) mass is 244 g/mol. The lowest BCUT2D eigenvalue weighted by Crippen LogP contribution is -1.94. The summed E-state index contributed by atoms with van der Waals surface area (Å²) in [5.74, 6) is 0. The SMILES string of the molecule is O=[N+]([O-])c1cc(Br)ccc1/C=N/O. The van der Waals surface area contributed by atoms with Gasteiger partial charge in [0.05, 0.1) is 16.7 Å². The van der Waals surface area contributed by atoms with Crippen molar-refractivity contribution in [3.8, 4) is 0 Å². The highest BCUT2D eigenvalue weighted by Gasteiger charge is 2.11. The molecule has 5 nitrogen and oxygen atoms in total. The van der Waals surface area contributed by atoms with E-state index in [1.54, 1.807) is 6.07 Å². The highest BCUT2D eigenvalue weighted by atomic mass is 79.9. The maximum absolute atomic E-state index is 10.5. The Morgan fingerprint density at radius 2 is 2.31 bits per heavy atom. The Bertz CT molecular complexity index is 365. The molecule has 0 aliphatic rings. The smallest absolute Gasteiger partial charge is 0.279 e. The fourth-order valence-corrected chi connectivity index (χ4v) is 1.20. The molecule has 68 valence electrons. The molecule has 0 aliphatic heterocycles. The Balaban J connectivity index is 3.26. The van der Waals surface area contributed by atoms with E-state index >= 15 is 0 Å². The van der Waals surface area contributed by atoms with Crippen LogP contribution in [0.15, 0.2) is 27.8 Å². The summed E-state index contributed by atoms with van der Waals surface area (Å²) in [5, 5.41) is 21.5. The minimum absolute atomic E-state index is 0.104. The molecule has 0 saturated heterocycles. The van der Waals surface area contributed by atoms with Crippen molar-refractivity contribution in [2.75, 3.05) is 0 Å². The van der Waals surface area contributed by atoms with Gasteiger partial charge in [-0.05, 0) is 12.1 Å². The molecule has 0 bridgehead atoms. The van der Waals surface area contributed by atoms with Crippen molar-refractivity contribution >= 4 is 27.8 Å². The number of nitrogens with zero attached hydrogens (tertiary/aromatic N) is 2. The van der Waals surface area contributed by atoms with Crippen LogP contribution in [0.1, 0.15) is 5.56 Å². The molecular weight excluding hydrogens is 240 g/mol. The number of nitro groups is 1. The van der Waals surface area contributed by atoms with Crippen LogP contribution in [0.5, 0.6) is 0 Å². The average Bonchev–Trinajstić information content (AvgIpc) is 2.08. The van der Waals surface area contributed by atoms with Gasteiger partial charge in [-0.3, -0.25) is 10.1 Å². The van der Waals surface area contributed by atoms with Gasteiger partial charge in [0, 0.05) is 10.5 Å². The van der Waals surface area contributed by atoms with Gasteiger partial charge >= 0.3 is 0 Å². The molecule has 1 rings (SSSR count). The number of rotatable bonds is 2. The van der Waals surface area contributed by atoms with Crippen molar-refractivity contribution in [3.63, 3.8) is 0 Å². The second-order valence-corrected chi connectivity index (χ2v) is 3.12. The first kappa shape index (κ1) is 9.66. The third-order valence-corrected chi connectivity index (χ3v) is 1.88. The minimum atomic E-state index is -0.540. The third kappa shape index (κ3) is 2.25. The Kier molecular flexibility index (Phi) is 2.97. The molecule has 0 unspecified atom stereocenters. The number of halogens is 1. The van der Waals surface area contributed by atoms with Gasteiger partial charge in [-0.15, -0.1) is 0 Å². The van der Waals surface area contributed by atoms with E-state index in [9.17, 15) is 10.1 Å². The first-order valence-electron chi connectivity index (χ1n) is 3.26. The Labute approximate surface area is 82.0 Å². The van der Waals surface area contributed by atoms with Gasteiger partial charge in [0.2, 0.25) is 0 Å². The van der Waals surface area contributed by atoms with E-state index in [0.29, 0.717) is 4.47 Å². The molecular formula is C7H5BrN2O3. The standard InChI is InChI=1S/C7H5BrN2O3/c8-6-2-1-5(4-9-11)7(3-6)10(12)13/h1-4,11H/b9-4+. The first-order chi connectivity index (χ1) is 6.15. The summed E-state index contributed by atoms with van der Waals surface area (Å²) in [7, 11) is 0. The molecule has 6 heteroatoms. The summed E-state index contributed by atoms with van der Waals surface area (Å²) < 4.78 is 0.606. The molecule has 0 atom stereocenters. The molecule has 0 amide bonds. The molecule has 0 heterocycles. The van der Waals surface area contributed by atoms with Crippen molar-refractivity contribution < 1.29 is 10.1 Å². The van der Waals surface area contributed by atoms with Crippen LogP contribution >= 0.6 is 15.9 Å². The maximum Gasteiger partial charge on any atom is 0.279 e. The lowest BCUT2D eigenvalue weighted by molar-refractivity contribution is -0.385. The molecule has 0 spiro atoms. The fraction of sp³-hybridized carbons (Fsp3) is 0.